The number of hydrogen-bond acceptors (Lipinski definition) is 3. The third-order valence-electron chi connectivity index (χ3n) is 5.40. The van der Waals surface area contributed by atoms with Crippen LogP contribution >= 0.6 is 0 Å². The summed E-state index contributed by atoms with van der Waals surface area (Å²) >= 11 is 0. The lowest BCUT2D eigenvalue weighted by atomic mass is 9.85. The SMILES string of the molecule is O=C(NCC1(O)CCCCC1)Nc1cccc(CN2CCCCC2)c1. The van der Waals surface area contributed by atoms with E-state index >= 15 is 0 Å². The van der Waals surface area contributed by atoms with E-state index in [0.717, 1.165) is 51.0 Å². The summed E-state index contributed by atoms with van der Waals surface area (Å²) in [6, 6.07) is 7.82. The van der Waals surface area contributed by atoms with Crippen molar-refractivity contribution in [1.29, 1.82) is 0 Å². The minimum absolute atomic E-state index is 0.242. The van der Waals surface area contributed by atoms with Crippen LogP contribution in [0.5, 0.6) is 0 Å². The van der Waals surface area contributed by atoms with Crippen molar-refractivity contribution >= 4 is 11.7 Å². The molecule has 3 rings (SSSR count). The van der Waals surface area contributed by atoms with E-state index in [1.807, 2.05) is 18.2 Å². The van der Waals surface area contributed by atoms with Gasteiger partial charge < -0.3 is 15.7 Å². The van der Waals surface area contributed by atoms with Crippen molar-refractivity contribution in [2.45, 2.75) is 63.5 Å². The van der Waals surface area contributed by atoms with E-state index in [9.17, 15) is 9.90 Å². The summed E-state index contributed by atoms with van der Waals surface area (Å²) in [6.45, 7) is 3.59. The molecule has 5 heteroatoms. The van der Waals surface area contributed by atoms with Crippen LogP contribution in [-0.2, 0) is 6.54 Å². The van der Waals surface area contributed by atoms with Gasteiger partial charge in [0.2, 0.25) is 0 Å². The van der Waals surface area contributed by atoms with Crippen LogP contribution in [0, 0.1) is 0 Å². The van der Waals surface area contributed by atoms with Crippen molar-refractivity contribution in [3.63, 3.8) is 0 Å². The van der Waals surface area contributed by atoms with Gasteiger partial charge in [-0.05, 0) is 56.5 Å². The van der Waals surface area contributed by atoms with Crippen LogP contribution < -0.4 is 10.6 Å². The Kier molecular flexibility index (Phi) is 6.32. The third kappa shape index (κ3) is 5.72. The van der Waals surface area contributed by atoms with Crippen LogP contribution in [0.25, 0.3) is 0 Å². The predicted molar refractivity (Wildman–Crippen MR) is 101 cm³/mol. The normalized spacial score (nSPS) is 20.8. The van der Waals surface area contributed by atoms with E-state index in [2.05, 4.69) is 21.6 Å². The number of amides is 2. The summed E-state index contributed by atoms with van der Waals surface area (Å²) in [4.78, 5) is 14.6. The lowest BCUT2D eigenvalue weighted by molar-refractivity contribution is 0.00755. The van der Waals surface area contributed by atoms with Gasteiger partial charge in [-0.15, -0.1) is 0 Å². The molecular weight excluding hydrogens is 314 g/mol. The van der Waals surface area contributed by atoms with Crippen molar-refractivity contribution in [3.05, 3.63) is 29.8 Å². The van der Waals surface area contributed by atoms with Gasteiger partial charge in [-0.2, -0.15) is 0 Å². The van der Waals surface area contributed by atoms with Crippen LogP contribution in [0.3, 0.4) is 0 Å². The van der Waals surface area contributed by atoms with E-state index in [-0.39, 0.29) is 6.03 Å². The summed E-state index contributed by atoms with van der Waals surface area (Å²) in [5, 5.41) is 16.2. The molecule has 1 saturated carbocycles. The number of anilines is 1. The molecule has 0 spiro atoms. The van der Waals surface area contributed by atoms with Gasteiger partial charge >= 0.3 is 6.03 Å². The molecule has 0 bridgehead atoms. The van der Waals surface area contributed by atoms with Gasteiger partial charge in [0.15, 0.2) is 0 Å². The standard InChI is InChI=1S/C20H31N3O2/c24-19(21-16-20(25)10-3-1-4-11-20)22-18-9-7-8-17(14-18)15-23-12-5-2-6-13-23/h7-9,14,25H,1-6,10-13,15-16H2,(H2,21,22,24). The largest absolute Gasteiger partial charge is 0.388 e. The Morgan fingerprint density at radius 2 is 1.80 bits per heavy atom. The molecule has 1 aromatic carbocycles. The van der Waals surface area contributed by atoms with E-state index in [4.69, 9.17) is 0 Å². The molecule has 3 N–H and O–H groups in total. The van der Waals surface area contributed by atoms with Gasteiger partial charge in [0.05, 0.1) is 5.60 Å². The molecule has 2 amide bonds. The minimum atomic E-state index is -0.730. The van der Waals surface area contributed by atoms with Gasteiger partial charge in [0.25, 0.3) is 0 Å². The smallest absolute Gasteiger partial charge is 0.319 e. The number of carbonyl (C=O) groups is 1. The number of benzene rings is 1. The van der Waals surface area contributed by atoms with Crippen molar-refractivity contribution in [2.75, 3.05) is 25.0 Å². The van der Waals surface area contributed by atoms with Crippen molar-refractivity contribution < 1.29 is 9.90 Å². The highest BCUT2D eigenvalue weighted by atomic mass is 16.3. The molecule has 1 aromatic rings. The molecule has 25 heavy (non-hydrogen) atoms. The lowest BCUT2D eigenvalue weighted by Crippen LogP contribution is -2.45. The number of nitrogens with zero attached hydrogens (tertiary/aromatic N) is 1. The molecule has 138 valence electrons. The van der Waals surface area contributed by atoms with Crippen LogP contribution in [0.4, 0.5) is 10.5 Å². The number of aliphatic hydroxyl groups is 1. The Bertz CT molecular complexity index is 564. The van der Waals surface area contributed by atoms with Crippen LogP contribution in [0.2, 0.25) is 0 Å². The Morgan fingerprint density at radius 3 is 2.56 bits per heavy atom. The maximum Gasteiger partial charge on any atom is 0.319 e. The molecule has 0 atom stereocenters. The summed E-state index contributed by atoms with van der Waals surface area (Å²) < 4.78 is 0. The van der Waals surface area contributed by atoms with E-state index in [1.165, 1.54) is 31.2 Å². The Labute approximate surface area is 150 Å². The Morgan fingerprint density at radius 1 is 1.08 bits per heavy atom. The average Bonchev–Trinajstić information content (AvgIpc) is 2.62. The maximum atomic E-state index is 12.2. The van der Waals surface area contributed by atoms with E-state index in [1.54, 1.807) is 0 Å². The number of piperidine rings is 1. The highest BCUT2D eigenvalue weighted by molar-refractivity contribution is 5.89. The van der Waals surface area contributed by atoms with Crippen LogP contribution in [-0.4, -0.2) is 41.3 Å². The molecule has 5 nitrogen and oxygen atoms in total. The Balaban J connectivity index is 1.48. The number of nitrogens with one attached hydrogen (secondary N) is 2. The zero-order valence-corrected chi connectivity index (χ0v) is 15.1. The lowest BCUT2D eigenvalue weighted by Gasteiger charge is -2.32. The molecule has 1 heterocycles. The Hall–Kier alpha value is -1.59. The number of carbonyl (C=O) groups excluding carboxylic acids is 1. The highest BCUT2D eigenvalue weighted by Gasteiger charge is 2.29. The molecule has 1 aliphatic heterocycles. The molecule has 1 aliphatic carbocycles. The zero-order valence-electron chi connectivity index (χ0n) is 15.1. The van der Waals surface area contributed by atoms with Gasteiger partial charge in [0.1, 0.15) is 0 Å². The molecular formula is C20H31N3O2. The number of hydrogen-bond donors (Lipinski definition) is 3. The molecule has 1 saturated heterocycles. The van der Waals surface area contributed by atoms with Crippen molar-refractivity contribution in [1.82, 2.24) is 10.2 Å². The van der Waals surface area contributed by atoms with Gasteiger partial charge in [-0.1, -0.05) is 37.8 Å². The van der Waals surface area contributed by atoms with Crippen LogP contribution in [0.1, 0.15) is 56.9 Å². The second-order valence-corrected chi connectivity index (χ2v) is 7.63. The highest BCUT2D eigenvalue weighted by Crippen LogP contribution is 2.27. The number of rotatable bonds is 5. The molecule has 2 fully saturated rings. The molecule has 2 aliphatic rings. The van der Waals surface area contributed by atoms with Gasteiger partial charge in [0, 0.05) is 18.8 Å². The van der Waals surface area contributed by atoms with Crippen LogP contribution in [0.15, 0.2) is 24.3 Å². The first kappa shape index (κ1) is 18.2. The summed E-state index contributed by atoms with van der Waals surface area (Å²) in [6.07, 6.45) is 8.71. The molecule has 0 unspecified atom stereocenters. The average molecular weight is 345 g/mol. The summed E-state index contributed by atoms with van der Waals surface area (Å²) in [5.74, 6) is 0. The van der Waals surface area contributed by atoms with Gasteiger partial charge in [-0.25, -0.2) is 4.79 Å². The monoisotopic (exact) mass is 345 g/mol. The first-order valence-corrected chi connectivity index (χ1v) is 9.72. The topological polar surface area (TPSA) is 64.6 Å². The fourth-order valence-electron chi connectivity index (χ4n) is 3.93. The quantitative estimate of drug-likeness (QED) is 0.765. The third-order valence-corrected chi connectivity index (χ3v) is 5.40. The summed E-state index contributed by atoms with van der Waals surface area (Å²) in [7, 11) is 0. The fraction of sp³-hybridized carbons (Fsp3) is 0.650. The minimum Gasteiger partial charge on any atom is -0.388 e. The molecule has 0 aromatic heterocycles. The second-order valence-electron chi connectivity index (χ2n) is 7.63. The predicted octanol–water partition coefficient (Wildman–Crippen LogP) is 3.49. The second kappa shape index (κ2) is 8.68. The maximum absolute atomic E-state index is 12.2. The number of urea groups is 1. The van der Waals surface area contributed by atoms with Crippen molar-refractivity contribution in [3.8, 4) is 0 Å². The zero-order chi connectivity index (χ0) is 17.5. The fourth-order valence-corrected chi connectivity index (χ4v) is 3.93. The van der Waals surface area contributed by atoms with E-state index < -0.39 is 5.60 Å². The molecule has 0 radical (unpaired) electrons. The first-order valence-electron chi connectivity index (χ1n) is 9.72. The van der Waals surface area contributed by atoms with Gasteiger partial charge in [-0.3, -0.25) is 4.90 Å². The summed E-state index contributed by atoms with van der Waals surface area (Å²) in [5.41, 5.74) is 1.30. The number of likely N-dealkylation sites (tertiary alicyclic amines) is 1. The van der Waals surface area contributed by atoms with E-state index in [0.29, 0.717) is 6.54 Å². The van der Waals surface area contributed by atoms with Crippen molar-refractivity contribution in [2.24, 2.45) is 0 Å². The first-order chi connectivity index (χ1) is 12.1.